The van der Waals surface area contributed by atoms with Crippen LogP contribution in [0.25, 0.3) is 0 Å². The largest absolute Gasteiger partial charge is 0.475 e. The Morgan fingerprint density at radius 1 is 1.26 bits per heavy atom. The van der Waals surface area contributed by atoms with E-state index in [4.69, 9.17) is 25.5 Å². The third-order valence-electron chi connectivity index (χ3n) is 6.45. The van der Waals surface area contributed by atoms with Gasteiger partial charge in [-0.15, -0.1) is 11.6 Å². The molecule has 1 aromatic carbocycles. The van der Waals surface area contributed by atoms with Crippen LogP contribution in [0.1, 0.15) is 38.8 Å². The lowest BCUT2D eigenvalue weighted by atomic mass is 10.0. The van der Waals surface area contributed by atoms with Crippen LogP contribution in [0.2, 0.25) is 18.1 Å². The summed E-state index contributed by atoms with van der Waals surface area (Å²) in [5.41, 5.74) is 2.22. The summed E-state index contributed by atoms with van der Waals surface area (Å²) in [6.07, 6.45) is 0.455. The van der Waals surface area contributed by atoms with Gasteiger partial charge in [0.2, 0.25) is 17.7 Å². The van der Waals surface area contributed by atoms with Crippen molar-refractivity contribution in [2.45, 2.75) is 58.3 Å². The predicted molar refractivity (Wildman–Crippen MR) is 135 cm³/mol. The number of halogens is 2. The Kier molecular flexibility index (Phi) is 8.26. The summed E-state index contributed by atoms with van der Waals surface area (Å²) in [6.45, 7) is 14.0. The molecule has 1 aromatic heterocycles. The highest BCUT2D eigenvalue weighted by molar-refractivity contribution is 6.74. The van der Waals surface area contributed by atoms with Crippen LogP contribution >= 0.6 is 11.6 Å². The number of hydrogen-bond acceptors (Lipinski definition) is 5. The number of alkyl halides is 1. The van der Waals surface area contributed by atoms with Gasteiger partial charge in [0.15, 0.2) is 8.32 Å². The molecule has 3 rings (SSSR count). The van der Waals surface area contributed by atoms with Crippen molar-refractivity contribution < 1.29 is 23.1 Å². The van der Waals surface area contributed by atoms with E-state index in [0.717, 1.165) is 11.1 Å². The molecule has 34 heavy (non-hydrogen) atoms. The van der Waals surface area contributed by atoms with Gasteiger partial charge in [-0.25, -0.2) is 4.39 Å². The lowest BCUT2D eigenvalue weighted by Crippen LogP contribution is -2.46. The standard InChI is InChI=1S/C25H34ClFN2O4Si/c1-17-16-32-24-21(29(17)22(30)15-26)14-19(13-18-7-9-20(27)10-8-18)23(28-24)31-11-12-33-34(5,6)25(2,3)4/h7-10,14,17H,11-13,15-16H2,1-6H3. The van der Waals surface area contributed by atoms with E-state index in [0.29, 0.717) is 43.7 Å². The van der Waals surface area contributed by atoms with Crippen LogP contribution in [0.15, 0.2) is 30.3 Å². The number of ether oxygens (including phenoxy) is 2. The number of carbonyl (C=O) groups is 1. The number of aromatic nitrogens is 1. The lowest BCUT2D eigenvalue weighted by Gasteiger charge is -2.36. The molecule has 1 atom stereocenters. The average molecular weight is 509 g/mol. The minimum atomic E-state index is -1.90. The number of rotatable bonds is 8. The van der Waals surface area contributed by atoms with E-state index in [2.05, 4.69) is 38.8 Å². The Morgan fingerprint density at radius 3 is 2.56 bits per heavy atom. The van der Waals surface area contributed by atoms with E-state index in [1.807, 2.05) is 13.0 Å². The van der Waals surface area contributed by atoms with Gasteiger partial charge in [-0.1, -0.05) is 32.9 Å². The van der Waals surface area contributed by atoms with Gasteiger partial charge in [-0.2, -0.15) is 4.98 Å². The molecule has 6 nitrogen and oxygen atoms in total. The van der Waals surface area contributed by atoms with Crippen LogP contribution in [0.4, 0.5) is 10.1 Å². The highest BCUT2D eigenvalue weighted by Crippen LogP contribution is 2.38. The number of benzene rings is 1. The molecule has 0 bridgehead atoms. The van der Waals surface area contributed by atoms with Crippen molar-refractivity contribution in [1.82, 2.24) is 4.98 Å². The fourth-order valence-electron chi connectivity index (χ4n) is 3.47. The average Bonchev–Trinajstić information content (AvgIpc) is 2.77. The summed E-state index contributed by atoms with van der Waals surface area (Å²) in [5.74, 6) is 0.0898. The molecule has 0 aliphatic carbocycles. The van der Waals surface area contributed by atoms with Gasteiger partial charge in [-0.3, -0.25) is 4.79 Å². The van der Waals surface area contributed by atoms with Crippen LogP contribution in [-0.4, -0.2) is 51.0 Å². The summed E-state index contributed by atoms with van der Waals surface area (Å²) < 4.78 is 31.5. The minimum Gasteiger partial charge on any atom is -0.475 e. The topological polar surface area (TPSA) is 60.9 Å². The number of carbonyl (C=O) groups excluding carboxylic acids is 1. The smallest absolute Gasteiger partial charge is 0.242 e. The molecular weight excluding hydrogens is 475 g/mol. The second kappa shape index (κ2) is 10.6. The van der Waals surface area contributed by atoms with E-state index in [9.17, 15) is 9.18 Å². The van der Waals surface area contributed by atoms with Crippen molar-refractivity contribution >= 4 is 31.5 Å². The van der Waals surface area contributed by atoms with Crippen molar-refractivity contribution in [3.05, 3.63) is 47.3 Å². The highest BCUT2D eigenvalue weighted by atomic mass is 35.5. The normalized spacial score (nSPS) is 16.1. The van der Waals surface area contributed by atoms with Crippen molar-refractivity contribution in [2.75, 3.05) is 30.6 Å². The summed E-state index contributed by atoms with van der Waals surface area (Å²) in [5, 5.41) is 0.105. The number of pyridine rings is 1. The zero-order valence-electron chi connectivity index (χ0n) is 20.8. The van der Waals surface area contributed by atoms with Crippen LogP contribution in [0.3, 0.4) is 0 Å². The van der Waals surface area contributed by atoms with Gasteiger partial charge in [-0.05, 0) is 48.8 Å². The van der Waals surface area contributed by atoms with E-state index in [1.54, 1.807) is 17.0 Å². The van der Waals surface area contributed by atoms with Gasteiger partial charge >= 0.3 is 0 Å². The molecule has 2 heterocycles. The summed E-state index contributed by atoms with van der Waals surface area (Å²) >= 11 is 5.86. The molecule has 0 spiro atoms. The number of anilines is 1. The van der Waals surface area contributed by atoms with Gasteiger partial charge < -0.3 is 18.8 Å². The molecule has 0 N–H and O–H groups in total. The molecule has 2 aromatic rings. The molecular formula is C25H34ClFN2O4Si. The monoisotopic (exact) mass is 508 g/mol. The first kappa shape index (κ1) is 26.4. The van der Waals surface area contributed by atoms with Crippen LogP contribution in [-0.2, 0) is 15.6 Å². The molecule has 0 radical (unpaired) electrons. The maximum Gasteiger partial charge on any atom is 0.242 e. The molecule has 1 unspecified atom stereocenters. The van der Waals surface area contributed by atoms with Gasteiger partial charge in [0.1, 0.15) is 30.6 Å². The Balaban J connectivity index is 1.88. The Labute approximate surface area is 207 Å². The van der Waals surface area contributed by atoms with Crippen molar-refractivity contribution in [1.29, 1.82) is 0 Å². The third kappa shape index (κ3) is 6.09. The van der Waals surface area contributed by atoms with Crippen molar-refractivity contribution in [3.8, 4) is 11.8 Å². The molecule has 9 heteroatoms. The van der Waals surface area contributed by atoms with Gasteiger partial charge in [0.25, 0.3) is 0 Å². The molecule has 0 saturated heterocycles. The Bertz CT molecular complexity index is 1010. The molecule has 0 fully saturated rings. The summed E-state index contributed by atoms with van der Waals surface area (Å²) in [6, 6.07) is 7.96. The minimum absolute atomic E-state index is 0.105. The molecule has 1 aliphatic heterocycles. The zero-order valence-corrected chi connectivity index (χ0v) is 22.5. The van der Waals surface area contributed by atoms with Crippen molar-refractivity contribution in [2.24, 2.45) is 0 Å². The quantitative estimate of drug-likeness (QED) is 0.265. The maximum atomic E-state index is 13.4. The lowest BCUT2D eigenvalue weighted by molar-refractivity contribution is -0.117. The van der Waals surface area contributed by atoms with Crippen LogP contribution in [0, 0.1) is 5.82 Å². The summed E-state index contributed by atoms with van der Waals surface area (Å²) in [7, 11) is -1.90. The fraction of sp³-hybridized carbons (Fsp3) is 0.520. The maximum absolute atomic E-state index is 13.4. The first-order valence-electron chi connectivity index (χ1n) is 11.5. The molecule has 1 aliphatic rings. The first-order valence-corrected chi connectivity index (χ1v) is 14.9. The molecule has 0 saturated carbocycles. The predicted octanol–water partition coefficient (Wildman–Crippen LogP) is 5.56. The second-order valence-corrected chi connectivity index (χ2v) is 15.2. The van der Waals surface area contributed by atoms with E-state index in [-0.39, 0.29) is 28.7 Å². The van der Waals surface area contributed by atoms with Crippen LogP contribution < -0.4 is 14.4 Å². The van der Waals surface area contributed by atoms with Gasteiger partial charge in [0.05, 0.1) is 12.6 Å². The van der Waals surface area contributed by atoms with Crippen LogP contribution in [0.5, 0.6) is 11.8 Å². The zero-order chi connectivity index (χ0) is 25.1. The number of amides is 1. The highest BCUT2D eigenvalue weighted by Gasteiger charge is 2.37. The fourth-order valence-corrected chi connectivity index (χ4v) is 4.63. The van der Waals surface area contributed by atoms with E-state index < -0.39 is 8.32 Å². The van der Waals surface area contributed by atoms with E-state index in [1.165, 1.54) is 12.1 Å². The molecule has 1 amide bonds. The molecule has 186 valence electrons. The third-order valence-corrected chi connectivity index (χ3v) is 11.2. The summed E-state index contributed by atoms with van der Waals surface area (Å²) in [4.78, 5) is 18.8. The first-order chi connectivity index (χ1) is 15.9. The Hall–Kier alpha value is -2.16. The Morgan fingerprint density at radius 2 is 1.94 bits per heavy atom. The van der Waals surface area contributed by atoms with E-state index >= 15 is 0 Å². The number of fused-ring (bicyclic) bond motifs is 1. The van der Waals surface area contributed by atoms with Gasteiger partial charge in [0, 0.05) is 12.0 Å². The number of nitrogens with zero attached hydrogens (tertiary/aromatic N) is 2. The second-order valence-electron chi connectivity index (χ2n) is 10.1. The number of hydrogen-bond donors (Lipinski definition) is 0. The SMILES string of the molecule is CC1COc2nc(OCCO[Si](C)(C)C(C)(C)C)c(Cc3ccc(F)cc3)cc2N1C(=O)CCl. The van der Waals surface area contributed by atoms with Crippen molar-refractivity contribution in [3.63, 3.8) is 0 Å².